The number of hydrogen-bond acceptors (Lipinski definition) is 6. The van der Waals surface area contributed by atoms with Gasteiger partial charge < -0.3 is 9.64 Å². The van der Waals surface area contributed by atoms with Crippen LogP contribution in [-0.4, -0.2) is 75.8 Å². The number of Topliss-reactive ketones (excluding diaryl/α,β-unsaturated/α-hetero) is 2. The van der Waals surface area contributed by atoms with E-state index in [2.05, 4.69) is 0 Å². The highest BCUT2D eigenvalue weighted by Gasteiger charge is 2.46. The monoisotopic (exact) mass is 584 g/mol. The summed E-state index contributed by atoms with van der Waals surface area (Å²) in [6.45, 7) is 2.29. The van der Waals surface area contributed by atoms with E-state index in [0.29, 0.717) is 22.4 Å². The molecule has 0 radical (unpaired) electrons. The highest BCUT2D eigenvalue weighted by Crippen LogP contribution is 2.42. The third-order valence-electron chi connectivity index (χ3n) is 7.91. The Labute approximate surface area is 239 Å². The first-order valence-corrected chi connectivity index (χ1v) is 15.1. The molecule has 1 heterocycles. The van der Waals surface area contributed by atoms with Crippen molar-refractivity contribution < 1.29 is 31.5 Å². The van der Waals surface area contributed by atoms with E-state index >= 15 is 0 Å². The van der Waals surface area contributed by atoms with Crippen molar-refractivity contribution in [3.05, 3.63) is 101 Å². The number of ketones is 2. The Hall–Kier alpha value is -3.47. The van der Waals surface area contributed by atoms with E-state index in [1.54, 1.807) is 49.4 Å². The normalized spacial score (nSPS) is 19.7. The fourth-order valence-electron chi connectivity index (χ4n) is 5.53. The average molecular weight is 585 g/mol. The number of sulfonamides is 1. The molecule has 1 fully saturated rings. The van der Waals surface area contributed by atoms with E-state index in [9.17, 15) is 26.8 Å². The third kappa shape index (κ3) is 6.72. The maximum atomic E-state index is 14.9. The standard InChI is InChI=1S/C31H34F2N2O5S/c1-20-23(12-8-14-27(20)32)29-25(30(36)21-9-7-10-22(17-21)40-3)18-35(16-15-34(2)41(4,38)39)19-26(29)31(37)24-11-5-6-13-28(24)33/h5-14,17,25-26,29H,15-16,18-19H2,1-4H3/t25-,26+,29+/m0/s1. The Morgan fingerprint density at radius 1 is 0.951 bits per heavy atom. The van der Waals surface area contributed by atoms with Gasteiger partial charge in [-0.25, -0.2) is 21.5 Å². The van der Waals surface area contributed by atoms with Crippen molar-refractivity contribution in [2.75, 3.05) is 46.6 Å². The van der Waals surface area contributed by atoms with Crippen LogP contribution in [-0.2, 0) is 10.0 Å². The van der Waals surface area contributed by atoms with Crippen molar-refractivity contribution in [1.29, 1.82) is 0 Å². The minimum atomic E-state index is -3.46. The molecule has 41 heavy (non-hydrogen) atoms. The Morgan fingerprint density at radius 3 is 2.24 bits per heavy atom. The SMILES string of the molecule is COc1cccc(C(=O)[C@H]2CN(CCN(C)S(C)(=O)=O)C[C@@H](C(=O)c3ccccc3F)[C@@H]2c2cccc(F)c2C)c1. The van der Waals surface area contributed by atoms with Crippen molar-refractivity contribution >= 4 is 21.6 Å². The summed E-state index contributed by atoms with van der Waals surface area (Å²) < 4.78 is 60.4. The lowest BCUT2D eigenvalue weighted by Gasteiger charge is -2.44. The van der Waals surface area contributed by atoms with Crippen LogP contribution < -0.4 is 4.74 Å². The first kappa shape index (κ1) is 30.5. The molecule has 0 unspecified atom stereocenters. The molecule has 3 aromatic rings. The van der Waals surface area contributed by atoms with E-state index < -0.39 is 45.2 Å². The Bertz CT molecular complexity index is 1540. The van der Waals surface area contributed by atoms with Crippen LogP contribution in [0, 0.1) is 30.4 Å². The van der Waals surface area contributed by atoms with Gasteiger partial charge in [-0.2, -0.15) is 0 Å². The average Bonchev–Trinajstić information content (AvgIpc) is 2.96. The second-order valence-corrected chi connectivity index (χ2v) is 12.6. The molecule has 0 N–H and O–H groups in total. The maximum absolute atomic E-state index is 14.9. The van der Waals surface area contributed by atoms with Crippen LogP contribution in [0.5, 0.6) is 5.75 Å². The van der Waals surface area contributed by atoms with Crippen molar-refractivity contribution in [3.63, 3.8) is 0 Å². The summed E-state index contributed by atoms with van der Waals surface area (Å²) in [5.41, 5.74) is 1.08. The van der Waals surface area contributed by atoms with Gasteiger partial charge >= 0.3 is 0 Å². The smallest absolute Gasteiger partial charge is 0.210 e. The van der Waals surface area contributed by atoms with Crippen LogP contribution in [0.15, 0.2) is 66.7 Å². The lowest BCUT2D eigenvalue weighted by atomic mass is 9.67. The predicted octanol–water partition coefficient (Wildman–Crippen LogP) is 4.57. The molecule has 7 nitrogen and oxygen atoms in total. The number of halogens is 2. The molecule has 0 aromatic heterocycles. The molecule has 0 aliphatic carbocycles. The molecule has 4 rings (SSSR count). The summed E-state index contributed by atoms with van der Waals surface area (Å²) in [6.07, 6.45) is 1.10. The van der Waals surface area contributed by atoms with Gasteiger partial charge in [0, 0.05) is 56.5 Å². The van der Waals surface area contributed by atoms with Gasteiger partial charge in [0.15, 0.2) is 11.6 Å². The maximum Gasteiger partial charge on any atom is 0.210 e. The zero-order valence-corrected chi connectivity index (χ0v) is 24.3. The van der Waals surface area contributed by atoms with Gasteiger partial charge in [0.05, 0.1) is 18.9 Å². The minimum absolute atomic E-state index is 0.112. The molecule has 218 valence electrons. The molecule has 1 saturated heterocycles. The first-order chi connectivity index (χ1) is 19.4. The number of rotatable bonds is 10. The second kappa shape index (κ2) is 12.6. The Morgan fingerprint density at radius 2 is 1.59 bits per heavy atom. The summed E-state index contributed by atoms with van der Waals surface area (Å²) in [6, 6.07) is 16.9. The summed E-state index contributed by atoms with van der Waals surface area (Å²) in [5.74, 6) is -3.94. The fourth-order valence-corrected chi connectivity index (χ4v) is 5.94. The molecule has 3 aromatic carbocycles. The van der Waals surface area contributed by atoms with Crippen LogP contribution in [0.3, 0.4) is 0 Å². The van der Waals surface area contributed by atoms with Gasteiger partial charge in [-0.05, 0) is 48.4 Å². The topological polar surface area (TPSA) is 84.0 Å². The van der Waals surface area contributed by atoms with Gasteiger partial charge in [-0.15, -0.1) is 0 Å². The van der Waals surface area contributed by atoms with E-state index in [-0.39, 0.29) is 37.5 Å². The molecule has 0 spiro atoms. The van der Waals surface area contributed by atoms with Gasteiger partial charge in [-0.3, -0.25) is 9.59 Å². The number of nitrogens with zero attached hydrogens (tertiary/aromatic N) is 2. The van der Waals surface area contributed by atoms with Crippen LogP contribution in [0.1, 0.15) is 37.8 Å². The number of likely N-dealkylation sites (N-methyl/N-ethyl adjacent to an activating group) is 1. The number of ether oxygens (including phenoxy) is 1. The van der Waals surface area contributed by atoms with E-state index in [1.807, 2.05) is 4.90 Å². The largest absolute Gasteiger partial charge is 0.497 e. The molecule has 0 saturated carbocycles. The molecule has 1 aliphatic rings. The Balaban J connectivity index is 1.85. The zero-order chi connectivity index (χ0) is 29.9. The van der Waals surface area contributed by atoms with E-state index in [0.717, 1.165) is 6.26 Å². The van der Waals surface area contributed by atoms with Gasteiger partial charge in [0.25, 0.3) is 0 Å². The second-order valence-electron chi connectivity index (χ2n) is 10.5. The number of carbonyl (C=O) groups excluding carboxylic acids is 2. The molecular weight excluding hydrogens is 550 g/mol. The lowest BCUT2D eigenvalue weighted by molar-refractivity contribution is 0.0563. The molecule has 10 heteroatoms. The lowest BCUT2D eigenvalue weighted by Crippen LogP contribution is -2.52. The van der Waals surface area contributed by atoms with Gasteiger partial charge in [-0.1, -0.05) is 36.4 Å². The van der Waals surface area contributed by atoms with Crippen molar-refractivity contribution in [2.45, 2.75) is 12.8 Å². The molecule has 0 amide bonds. The van der Waals surface area contributed by atoms with Crippen LogP contribution in [0.2, 0.25) is 0 Å². The predicted molar refractivity (Wildman–Crippen MR) is 153 cm³/mol. The molecule has 1 aliphatic heterocycles. The number of benzene rings is 3. The molecular formula is C31H34F2N2O5S. The number of likely N-dealkylation sites (tertiary alicyclic amines) is 1. The number of piperidine rings is 1. The first-order valence-electron chi connectivity index (χ1n) is 13.3. The van der Waals surface area contributed by atoms with Crippen molar-refractivity contribution in [1.82, 2.24) is 9.21 Å². The van der Waals surface area contributed by atoms with Crippen molar-refractivity contribution in [3.8, 4) is 5.75 Å². The van der Waals surface area contributed by atoms with Crippen LogP contribution in [0.4, 0.5) is 8.78 Å². The van der Waals surface area contributed by atoms with Crippen molar-refractivity contribution in [2.24, 2.45) is 11.8 Å². The third-order valence-corrected chi connectivity index (χ3v) is 9.22. The van der Waals surface area contributed by atoms with Gasteiger partial charge in [0.1, 0.15) is 17.4 Å². The number of methoxy groups -OCH3 is 1. The number of hydrogen-bond donors (Lipinski definition) is 0. The highest BCUT2D eigenvalue weighted by molar-refractivity contribution is 7.88. The zero-order valence-electron chi connectivity index (χ0n) is 23.5. The van der Waals surface area contributed by atoms with E-state index in [1.165, 1.54) is 42.7 Å². The summed E-state index contributed by atoms with van der Waals surface area (Å²) in [5, 5.41) is 0. The van der Waals surface area contributed by atoms with E-state index in [4.69, 9.17) is 4.74 Å². The van der Waals surface area contributed by atoms with Gasteiger partial charge in [0.2, 0.25) is 10.0 Å². The highest BCUT2D eigenvalue weighted by atomic mass is 32.2. The molecule has 0 bridgehead atoms. The van der Waals surface area contributed by atoms with Crippen LogP contribution >= 0.6 is 0 Å². The van der Waals surface area contributed by atoms with Crippen LogP contribution in [0.25, 0.3) is 0 Å². The fraction of sp³-hybridized carbons (Fsp3) is 0.355. The summed E-state index contributed by atoms with van der Waals surface area (Å²) >= 11 is 0. The summed E-state index contributed by atoms with van der Waals surface area (Å²) in [7, 11) is -0.509. The molecule has 3 atom stereocenters. The number of carbonyl (C=O) groups is 2. The quantitative estimate of drug-likeness (QED) is 0.325. The minimum Gasteiger partial charge on any atom is -0.497 e. The Kier molecular flexibility index (Phi) is 9.36. The summed E-state index contributed by atoms with van der Waals surface area (Å²) in [4.78, 5) is 30.1.